The van der Waals surface area contributed by atoms with Crippen molar-refractivity contribution in [2.24, 2.45) is 0 Å². The standard InChI is InChI=1S/C16H19AsN4O/c1-22-15-4-2-12(3-5-15)9-18-16-8-14(10-19-20-16)21-7-6-13(17)11-21/h2-5,8,10,13H,6-7,9,11H2,1H3,(H,18,20). The second kappa shape index (κ2) is 7.01. The van der Waals surface area contributed by atoms with E-state index in [0.717, 1.165) is 36.9 Å². The molecule has 0 amide bonds. The van der Waals surface area contributed by atoms with Crippen LogP contribution < -0.4 is 15.0 Å². The van der Waals surface area contributed by atoms with Crippen LogP contribution in [-0.4, -0.2) is 47.2 Å². The van der Waals surface area contributed by atoms with Gasteiger partial charge in [0.1, 0.15) is 0 Å². The molecule has 1 aliphatic heterocycles. The van der Waals surface area contributed by atoms with Crippen LogP contribution in [0.1, 0.15) is 12.0 Å². The van der Waals surface area contributed by atoms with Crippen LogP contribution in [0.15, 0.2) is 36.5 Å². The van der Waals surface area contributed by atoms with Gasteiger partial charge in [-0.25, -0.2) is 0 Å². The summed E-state index contributed by atoms with van der Waals surface area (Å²) in [6.45, 7) is 2.88. The van der Waals surface area contributed by atoms with E-state index < -0.39 is 0 Å². The number of benzene rings is 1. The molecule has 3 rings (SSSR count). The number of nitrogens with one attached hydrogen (secondary N) is 1. The van der Waals surface area contributed by atoms with Crippen molar-refractivity contribution >= 4 is 28.4 Å². The third kappa shape index (κ3) is 3.72. The molecule has 5 nitrogen and oxygen atoms in total. The molecule has 6 heteroatoms. The van der Waals surface area contributed by atoms with Crippen molar-refractivity contribution in [3.05, 3.63) is 42.1 Å². The van der Waals surface area contributed by atoms with Gasteiger partial charge in [-0.1, -0.05) is 0 Å². The molecule has 2 radical (unpaired) electrons. The van der Waals surface area contributed by atoms with E-state index in [9.17, 15) is 0 Å². The van der Waals surface area contributed by atoms with E-state index in [1.165, 1.54) is 12.0 Å². The Bertz CT molecular complexity index is 620. The molecule has 0 spiro atoms. The van der Waals surface area contributed by atoms with E-state index >= 15 is 0 Å². The van der Waals surface area contributed by atoms with Gasteiger partial charge in [0.25, 0.3) is 0 Å². The van der Waals surface area contributed by atoms with Crippen molar-refractivity contribution in [3.8, 4) is 5.75 Å². The van der Waals surface area contributed by atoms with Crippen LogP contribution in [0.5, 0.6) is 5.75 Å². The average molecular weight is 358 g/mol. The Labute approximate surface area is 139 Å². The number of nitrogens with zero attached hydrogens (tertiary/aromatic N) is 3. The minimum absolute atomic E-state index is 0.691. The van der Waals surface area contributed by atoms with Gasteiger partial charge in [-0.2, -0.15) is 0 Å². The quantitative estimate of drug-likeness (QED) is 0.831. The van der Waals surface area contributed by atoms with Crippen molar-refractivity contribution in [3.63, 3.8) is 0 Å². The van der Waals surface area contributed by atoms with Crippen molar-refractivity contribution in [2.75, 3.05) is 30.4 Å². The summed E-state index contributed by atoms with van der Waals surface area (Å²) < 4.78 is 5.85. The maximum atomic E-state index is 5.16. The third-order valence-corrected chi connectivity index (χ3v) is 4.69. The monoisotopic (exact) mass is 358 g/mol. The van der Waals surface area contributed by atoms with Crippen LogP contribution >= 0.6 is 0 Å². The van der Waals surface area contributed by atoms with Gasteiger partial charge >= 0.3 is 127 Å². The van der Waals surface area contributed by atoms with Gasteiger partial charge in [0.05, 0.1) is 7.11 Å². The molecule has 1 aliphatic rings. The van der Waals surface area contributed by atoms with Crippen molar-refractivity contribution < 1.29 is 4.74 Å². The third-order valence-electron chi connectivity index (χ3n) is 3.80. The fraction of sp³-hybridized carbons (Fsp3) is 0.375. The van der Waals surface area contributed by atoms with E-state index in [1.54, 1.807) is 7.11 Å². The predicted molar refractivity (Wildman–Crippen MR) is 88.7 cm³/mol. The van der Waals surface area contributed by atoms with Gasteiger partial charge in [0.2, 0.25) is 0 Å². The Balaban J connectivity index is 1.62. The zero-order valence-electron chi connectivity index (χ0n) is 12.6. The molecular formula is C16H19AsN4O. The van der Waals surface area contributed by atoms with E-state index in [2.05, 4.69) is 43.3 Å². The van der Waals surface area contributed by atoms with E-state index in [4.69, 9.17) is 4.74 Å². The van der Waals surface area contributed by atoms with Crippen LogP contribution in [0.3, 0.4) is 0 Å². The Morgan fingerprint density at radius 3 is 2.86 bits per heavy atom. The molecule has 1 atom stereocenters. The first-order chi connectivity index (χ1) is 10.7. The Hall–Kier alpha value is -1.74. The van der Waals surface area contributed by atoms with Crippen LogP contribution in [-0.2, 0) is 6.54 Å². The minimum atomic E-state index is 0.691. The molecule has 114 valence electrons. The first kappa shape index (κ1) is 15.2. The van der Waals surface area contributed by atoms with Gasteiger partial charge in [-0.3, -0.25) is 0 Å². The molecule has 0 saturated carbocycles. The van der Waals surface area contributed by atoms with E-state index in [0.29, 0.717) is 4.71 Å². The summed E-state index contributed by atoms with van der Waals surface area (Å²) in [7, 11) is 1.67. The second-order valence-corrected chi connectivity index (χ2v) is 6.92. The van der Waals surface area contributed by atoms with Crippen molar-refractivity contribution in [1.29, 1.82) is 0 Å². The SMILES string of the molecule is COc1ccc(CNc2cc(N3CCC([As])C3)cnn2)cc1. The van der Waals surface area contributed by atoms with E-state index in [1.807, 2.05) is 30.5 Å². The first-order valence-corrected chi connectivity index (χ1v) is 8.45. The van der Waals surface area contributed by atoms with Crippen LogP contribution in [0.25, 0.3) is 0 Å². The molecule has 0 bridgehead atoms. The molecule has 1 saturated heterocycles. The number of anilines is 2. The number of methoxy groups -OCH3 is 1. The predicted octanol–water partition coefficient (Wildman–Crippen LogP) is 2.26. The molecule has 1 aromatic heterocycles. The van der Waals surface area contributed by atoms with Gasteiger partial charge in [-0.05, 0) is 0 Å². The average Bonchev–Trinajstić information content (AvgIpc) is 3.00. The summed E-state index contributed by atoms with van der Waals surface area (Å²) in [5, 5.41) is 11.6. The Morgan fingerprint density at radius 2 is 2.18 bits per heavy atom. The Morgan fingerprint density at radius 1 is 1.36 bits per heavy atom. The molecular weight excluding hydrogens is 339 g/mol. The van der Waals surface area contributed by atoms with Gasteiger partial charge in [-0.15, -0.1) is 0 Å². The zero-order chi connectivity index (χ0) is 15.4. The molecule has 1 fully saturated rings. The van der Waals surface area contributed by atoms with Crippen LogP contribution in [0.4, 0.5) is 11.5 Å². The molecule has 22 heavy (non-hydrogen) atoms. The summed E-state index contributed by atoms with van der Waals surface area (Å²) >= 11 is 2.75. The molecule has 0 aliphatic carbocycles. The zero-order valence-corrected chi connectivity index (χ0v) is 14.4. The fourth-order valence-electron chi connectivity index (χ4n) is 2.53. The number of hydrogen-bond acceptors (Lipinski definition) is 5. The number of hydrogen-bond donors (Lipinski definition) is 1. The van der Waals surface area contributed by atoms with Gasteiger partial charge < -0.3 is 4.74 Å². The second-order valence-electron chi connectivity index (χ2n) is 5.39. The molecule has 1 aromatic carbocycles. The van der Waals surface area contributed by atoms with Crippen molar-refractivity contribution in [2.45, 2.75) is 17.7 Å². The topological polar surface area (TPSA) is 50.3 Å². The summed E-state index contributed by atoms with van der Waals surface area (Å²) in [6, 6.07) is 10.1. The normalized spacial score (nSPS) is 17.5. The van der Waals surface area contributed by atoms with Crippen LogP contribution in [0, 0.1) is 0 Å². The number of aromatic nitrogens is 2. The molecule has 1 unspecified atom stereocenters. The summed E-state index contributed by atoms with van der Waals surface area (Å²) in [5.41, 5.74) is 2.32. The van der Waals surface area contributed by atoms with Crippen molar-refractivity contribution in [1.82, 2.24) is 10.2 Å². The van der Waals surface area contributed by atoms with Crippen LogP contribution in [0.2, 0.25) is 4.71 Å². The maximum absolute atomic E-state index is 5.16. The van der Waals surface area contributed by atoms with Gasteiger partial charge in [0.15, 0.2) is 0 Å². The summed E-state index contributed by atoms with van der Waals surface area (Å²) in [6.07, 6.45) is 3.06. The molecule has 1 N–H and O–H groups in total. The molecule has 2 heterocycles. The number of ether oxygens (including phenoxy) is 1. The Kier molecular flexibility index (Phi) is 4.83. The fourth-order valence-corrected chi connectivity index (χ4v) is 3.18. The van der Waals surface area contributed by atoms with Gasteiger partial charge in [0, 0.05) is 0 Å². The first-order valence-electron chi connectivity index (χ1n) is 7.37. The summed E-state index contributed by atoms with van der Waals surface area (Å²) in [4.78, 5) is 2.36. The number of rotatable bonds is 5. The molecule has 2 aromatic rings. The van der Waals surface area contributed by atoms with E-state index in [-0.39, 0.29) is 0 Å². The summed E-state index contributed by atoms with van der Waals surface area (Å²) in [5.74, 6) is 1.68.